The summed E-state index contributed by atoms with van der Waals surface area (Å²) in [6.07, 6.45) is 0.875. The van der Waals surface area contributed by atoms with Crippen LogP contribution in [0.2, 0.25) is 10.0 Å². The van der Waals surface area contributed by atoms with E-state index in [1.54, 1.807) is 32.4 Å². The fraction of sp³-hybridized carbons (Fsp3) is 0.250. The number of ether oxygens (including phenoxy) is 2. The van der Waals surface area contributed by atoms with Crippen LogP contribution >= 0.6 is 23.2 Å². The molecule has 1 aliphatic heterocycles. The van der Waals surface area contributed by atoms with Crippen LogP contribution in [0, 0.1) is 0 Å². The summed E-state index contributed by atoms with van der Waals surface area (Å²) in [7, 11) is 3.17. The van der Waals surface area contributed by atoms with E-state index >= 15 is 0 Å². The molecule has 5 rings (SSSR count). The monoisotopic (exact) mass is 485 g/mol. The molecular formula is C24H21Cl2N3O4. The van der Waals surface area contributed by atoms with Crippen molar-refractivity contribution in [3.63, 3.8) is 0 Å². The Morgan fingerprint density at radius 3 is 2.52 bits per heavy atom. The zero-order chi connectivity index (χ0) is 23.3. The van der Waals surface area contributed by atoms with E-state index in [9.17, 15) is 9.59 Å². The van der Waals surface area contributed by atoms with Gasteiger partial charge in [-0.15, -0.1) is 0 Å². The van der Waals surface area contributed by atoms with Crippen molar-refractivity contribution in [2.75, 3.05) is 19.5 Å². The number of anilines is 1. The van der Waals surface area contributed by atoms with Crippen molar-refractivity contribution in [3.05, 3.63) is 84.8 Å². The molecule has 170 valence electrons. The number of nitrogens with one attached hydrogen (secondary N) is 3. The lowest BCUT2D eigenvalue weighted by molar-refractivity contribution is -0.116. The van der Waals surface area contributed by atoms with E-state index < -0.39 is 5.92 Å². The number of methoxy groups -OCH3 is 2. The molecule has 0 saturated heterocycles. The lowest BCUT2D eigenvalue weighted by Crippen LogP contribution is -2.31. The molecule has 1 aliphatic carbocycles. The van der Waals surface area contributed by atoms with Gasteiger partial charge in [0.1, 0.15) is 5.82 Å². The van der Waals surface area contributed by atoms with Crippen LogP contribution in [0.5, 0.6) is 11.5 Å². The molecule has 2 aromatic carbocycles. The van der Waals surface area contributed by atoms with E-state index in [1.807, 2.05) is 18.2 Å². The fourth-order valence-corrected chi connectivity index (χ4v) is 5.23. The molecule has 2 aliphatic rings. The number of allylic oxidation sites excluding steroid dienone is 2. The summed E-state index contributed by atoms with van der Waals surface area (Å²) in [4.78, 5) is 26.2. The first-order valence-electron chi connectivity index (χ1n) is 10.4. The van der Waals surface area contributed by atoms with Crippen LogP contribution < -0.4 is 20.3 Å². The average molecular weight is 486 g/mol. The number of halogens is 2. The number of hydrogen-bond donors (Lipinski definition) is 3. The fourth-order valence-electron chi connectivity index (χ4n) is 4.82. The van der Waals surface area contributed by atoms with Gasteiger partial charge in [0, 0.05) is 23.6 Å². The zero-order valence-corrected chi connectivity index (χ0v) is 19.4. The Bertz CT molecular complexity index is 1360. The first-order valence-corrected chi connectivity index (χ1v) is 11.2. The Kier molecular flexibility index (Phi) is 5.46. The molecule has 33 heavy (non-hydrogen) atoms. The minimum atomic E-state index is -0.615. The predicted octanol–water partition coefficient (Wildman–Crippen LogP) is 4.99. The van der Waals surface area contributed by atoms with Crippen LogP contribution in [0.3, 0.4) is 0 Å². The number of hydrogen-bond acceptors (Lipinski definition) is 5. The molecule has 0 saturated carbocycles. The molecule has 2 heterocycles. The number of Topliss-reactive ketones (excluding diaryl/α,β-unsaturated/α-hetero) is 1. The van der Waals surface area contributed by atoms with Gasteiger partial charge >= 0.3 is 0 Å². The van der Waals surface area contributed by atoms with E-state index in [2.05, 4.69) is 15.5 Å². The Balaban J connectivity index is 1.62. The number of fused-ring (bicyclic) bond motifs is 1. The summed E-state index contributed by atoms with van der Waals surface area (Å²) in [5, 5.41) is 9.49. The van der Waals surface area contributed by atoms with Gasteiger partial charge in [-0.25, -0.2) is 0 Å². The number of carbonyl (C=O) groups is 1. The topological polar surface area (TPSA) is 96.2 Å². The van der Waals surface area contributed by atoms with Gasteiger partial charge in [0.2, 0.25) is 0 Å². The van der Waals surface area contributed by atoms with Crippen LogP contribution in [0.4, 0.5) is 5.82 Å². The summed E-state index contributed by atoms with van der Waals surface area (Å²) in [5.41, 5.74) is 3.03. The number of aromatic amines is 2. The quantitative estimate of drug-likeness (QED) is 0.483. The molecule has 0 fully saturated rings. The van der Waals surface area contributed by atoms with E-state index in [0.717, 1.165) is 11.3 Å². The van der Waals surface area contributed by atoms with Gasteiger partial charge in [0.05, 0.1) is 29.8 Å². The van der Waals surface area contributed by atoms with Crippen molar-refractivity contribution in [2.24, 2.45) is 0 Å². The summed E-state index contributed by atoms with van der Waals surface area (Å²) in [5.74, 6) is 1.04. The second-order valence-electron chi connectivity index (χ2n) is 8.10. The molecule has 0 amide bonds. The van der Waals surface area contributed by atoms with E-state index in [-0.39, 0.29) is 17.3 Å². The van der Waals surface area contributed by atoms with Gasteiger partial charge in [0.15, 0.2) is 17.3 Å². The molecule has 0 spiro atoms. The van der Waals surface area contributed by atoms with Crippen molar-refractivity contribution in [1.29, 1.82) is 0 Å². The third kappa shape index (κ3) is 3.52. The summed E-state index contributed by atoms with van der Waals surface area (Å²) >= 11 is 12.8. The van der Waals surface area contributed by atoms with Gasteiger partial charge in [-0.1, -0.05) is 41.4 Å². The third-order valence-electron chi connectivity index (χ3n) is 6.35. The van der Waals surface area contributed by atoms with E-state index in [1.165, 1.54) is 0 Å². The second-order valence-corrected chi connectivity index (χ2v) is 8.89. The zero-order valence-electron chi connectivity index (χ0n) is 17.9. The van der Waals surface area contributed by atoms with Crippen molar-refractivity contribution in [1.82, 2.24) is 10.2 Å². The molecule has 0 radical (unpaired) electrons. The van der Waals surface area contributed by atoms with Gasteiger partial charge in [0.25, 0.3) is 5.56 Å². The number of benzene rings is 2. The SMILES string of the molecule is COc1ccc([C@@H]2CC(=O)C3=C(C2)Nc2[nH][nH]c(=O)c2[C@H]3c2cccc(Cl)c2Cl)cc1OC. The maximum atomic E-state index is 13.6. The highest BCUT2D eigenvalue weighted by Crippen LogP contribution is 2.49. The minimum absolute atomic E-state index is 0.0455. The van der Waals surface area contributed by atoms with Crippen molar-refractivity contribution in [3.8, 4) is 11.5 Å². The van der Waals surface area contributed by atoms with Crippen LogP contribution in [0.1, 0.15) is 41.4 Å². The molecular weight excluding hydrogens is 465 g/mol. The highest BCUT2D eigenvalue weighted by molar-refractivity contribution is 6.42. The largest absolute Gasteiger partial charge is 0.493 e. The van der Waals surface area contributed by atoms with Crippen LogP contribution in [-0.2, 0) is 4.79 Å². The lowest BCUT2D eigenvalue weighted by atomic mass is 9.72. The van der Waals surface area contributed by atoms with Gasteiger partial charge in [-0.2, -0.15) is 0 Å². The van der Waals surface area contributed by atoms with Gasteiger partial charge < -0.3 is 14.8 Å². The molecule has 0 bridgehead atoms. The normalized spacial score (nSPS) is 19.6. The number of carbonyl (C=O) groups excluding carboxylic acids is 1. The summed E-state index contributed by atoms with van der Waals surface area (Å²) < 4.78 is 10.8. The second kappa shape index (κ2) is 8.32. The highest BCUT2D eigenvalue weighted by atomic mass is 35.5. The average Bonchev–Trinajstić information content (AvgIpc) is 3.19. The molecule has 0 unspecified atom stereocenters. The predicted molar refractivity (Wildman–Crippen MR) is 127 cm³/mol. The van der Waals surface area contributed by atoms with Crippen molar-refractivity contribution >= 4 is 34.8 Å². The first-order chi connectivity index (χ1) is 15.9. The molecule has 3 aromatic rings. The molecule has 9 heteroatoms. The number of aromatic nitrogens is 2. The Labute approximate surface area is 199 Å². The summed E-state index contributed by atoms with van der Waals surface area (Å²) in [6, 6.07) is 10.9. The lowest BCUT2D eigenvalue weighted by Gasteiger charge is -2.35. The number of H-pyrrole nitrogens is 2. The van der Waals surface area contributed by atoms with Crippen LogP contribution in [-0.4, -0.2) is 30.2 Å². The van der Waals surface area contributed by atoms with Crippen LogP contribution in [0.25, 0.3) is 0 Å². The van der Waals surface area contributed by atoms with Gasteiger partial charge in [-0.05, 0) is 41.7 Å². The minimum Gasteiger partial charge on any atom is -0.493 e. The number of ketones is 1. The maximum Gasteiger partial charge on any atom is 0.270 e. The van der Waals surface area contributed by atoms with E-state index in [4.69, 9.17) is 32.7 Å². The van der Waals surface area contributed by atoms with Gasteiger partial charge in [-0.3, -0.25) is 19.8 Å². The van der Waals surface area contributed by atoms with E-state index in [0.29, 0.717) is 56.9 Å². The van der Waals surface area contributed by atoms with Crippen molar-refractivity contribution in [2.45, 2.75) is 24.7 Å². The standard InChI is InChI=1S/C24H21Cl2N3O4/c1-32-17-7-6-11(10-18(17)33-2)12-8-15-20(16(30)9-12)19(13-4-3-5-14(25)22(13)26)21-23(27-15)28-29-24(21)31/h3-7,10,12,19H,8-9H2,1-2H3,(H3,27,28,29,31)/t12-,19-/m0/s1. The van der Waals surface area contributed by atoms with Crippen LogP contribution in [0.15, 0.2) is 52.5 Å². The maximum absolute atomic E-state index is 13.6. The smallest absolute Gasteiger partial charge is 0.270 e. The summed E-state index contributed by atoms with van der Waals surface area (Å²) in [6.45, 7) is 0. The van der Waals surface area contributed by atoms with Crippen molar-refractivity contribution < 1.29 is 14.3 Å². The molecule has 1 aromatic heterocycles. The third-order valence-corrected chi connectivity index (χ3v) is 7.18. The first kappa shape index (κ1) is 21.7. The molecule has 2 atom stereocenters. The molecule has 3 N–H and O–H groups in total. The Morgan fingerprint density at radius 2 is 1.76 bits per heavy atom. The molecule has 7 nitrogen and oxygen atoms in total. The Hall–Kier alpha value is -3.16. The highest BCUT2D eigenvalue weighted by Gasteiger charge is 2.41. The number of rotatable bonds is 4. The Morgan fingerprint density at radius 1 is 0.970 bits per heavy atom.